The second-order valence-electron chi connectivity index (χ2n) is 5.67. The van der Waals surface area contributed by atoms with Crippen LogP contribution in [-0.4, -0.2) is 37.0 Å². The predicted octanol–water partition coefficient (Wildman–Crippen LogP) is 3.25. The maximum absolute atomic E-state index is 12.5. The molecule has 1 aliphatic rings. The fourth-order valence-electron chi connectivity index (χ4n) is 2.85. The maximum Gasteiger partial charge on any atom is 0.253 e. The maximum atomic E-state index is 12.5. The molecule has 20 heavy (non-hydrogen) atoms. The second-order valence-corrected chi connectivity index (χ2v) is 6.08. The normalized spacial score (nSPS) is 22.6. The van der Waals surface area contributed by atoms with E-state index in [0.29, 0.717) is 22.7 Å². The van der Waals surface area contributed by atoms with E-state index in [0.717, 1.165) is 31.2 Å². The molecule has 0 aromatic heterocycles. The first-order valence-corrected chi connectivity index (χ1v) is 7.61. The highest BCUT2D eigenvalue weighted by Crippen LogP contribution is 2.24. The van der Waals surface area contributed by atoms with Crippen molar-refractivity contribution in [3.8, 4) is 0 Å². The molecule has 1 aliphatic carbocycles. The van der Waals surface area contributed by atoms with Crippen molar-refractivity contribution in [3.63, 3.8) is 0 Å². The first-order valence-electron chi connectivity index (χ1n) is 7.23. The monoisotopic (exact) mass is 294 g/mol. The molecule has 1 N–H and O–H groups in total. The smallest absolute Gasteiger partial charge is 0.253 e. The summed E-state index contributed by atoms with van der Waals surface area (Å²) in [4.78, 5) is 14.4. The fraction of sp³-hybridized carbons (Fsp3) is 0.562. The molecule has 110 valence electrons. The van der Waals surface area contributed by atoms with E-state index in [4.69, 9.17) is 11.6 Å². The largest absolute Gasteiger partial charge is 0.339 e. The molecule has 0 aliphatic heterocycles. The topological polar surface area (TPSA) is 32.3 Å². The van der Waals surface area contributed by atoms with E-state index >= 15 is 0 Å². The van der Waals surface area contributed by atoms with Crippen LogP contribution in [0.25, 0.3) is 0 Å². The van der Waals surface area contributed by atoms with Gasteiger partial charge in [0.15, 0.2) is 0 Å². The molecular weight excluding hydrogens is 272 g/mol. The molecule has 1 amide bonds. The summed E-state index contributed by atoms with van der Waals surface area (Å²) in [6.07, 6.45) is 4.39. The van der Waals surface area contributed by atoms with Crippen LogP contribution in [0.2, 0.25) is 5.02 Å². The Bertz CT molecular complexity index is 481. The first-order chi connectivity index (χ1) is 9.52. The van der Waals surface area contributed by atoms with Gasteiger partial charge >= 0.3 is 0 Å². The molecule has 0 heterocycles. The van der Waals surface area contributed by atoms with Gasteiger partial charge in [0.2, 0.25) is 0 Å². The number of halogens is 1. The number of nitrogens with one attached hydrogen (secondary N) is 1. The van der Waals surface area contributed by atoms with E-state index in [1.165, 1.54) is 0 Å². The molecule has 0 radical (unpaired) electrons. The minimum absolute atomic E-state index is 0.0693. The second kappa shape index (κ2) is 6.59. The Labute approximate surface area is 126 Å². The molecule has 0 saturated heterocycles. The van der Waals surface area contributed by atoms with E-state index in [9.17, 15) is 4.79 Å². The van der Waals surface area contributed by atoms with Gasteiger partial charge in [0, 0.05) is 29.7 Å². The molecule has 0 spiro atoms. The molecule has 0 unspecified atom stereocenters. The van der Waals surface area contributed by atoms with Crippen molar-refractivity contribution in [1.29, 1.82) is 0 Å². The number of carbonyl (C=O) groups excluding carboxylic acids is 1. The van der Waals surface area contributed by atoms with Gasteiger partial charge in [-0.3, -0.25) is 4.79 Å². The van der Waals surface area contributed by atoms with Crippen LogP contribution in [0.3, 0.4) is 0 Å². The Kier molecular flexibility index (Phi) is 5.06. The van der Waals surface area contributed by atoms with Gasteiger partial charge in [0.1, 0.15) is 0 Å². The summed E-state index contributed by atoms with van der Waals surface area (Å²) < 4.78 is 0. The highest BCUT2D eigenvalue weighted by molar-refractivity contribution is 6.31. The molecule has 1 aromatic carbocycles. The Hall–Kier alpha value is -1.06. The summed E-state index contributed by atoms with van der Waals surface area (Å²) >= 11 is 6.11. The number of aryl methyl sites for hydroxylation is 1. The van der Waals surface area contributed by atoms with E-state index in [1.807, 2.05) is 38.1 Å². The summed E-state index contributed by atoms with van der Waals surface area (Å²) in [6, 6.07) is 6.48. The minimum Gasteiger partial charge on any atom is -0.339 e. The molecule has 0 atom stereocenters. The molecular formula is C16H23ClN2O. The standard InChI is InChI=1S/C16H23ClN2O/c1-11-4-5-12(10-15(11)17)16(20)19(3)14-8-6-13(18-2)7-9-14/h4-5,10,13-14,18H,6-9H2,1-3H3. The Morgan fingerprint density at radius 2 is 1.95 bits per heavy atom. The summed E-state index contributed by atoms with van der Waals surface area (Å²) in [5, 5.41) is 3.97. The summed E-state index contributed by atoms with van der Waals surface area (Å²) in [5.74, 6) is 0.0693. The van der Waals surface area contributed by atoms with Gasteiger partial charge in [0.25, 0.3) is 5.91 Å². The number of hydrogen-bond donors (Lipinski definition) is 1. The van der Waals surface area contributed by atoms with Crippen LogP contribution in [0.4, 0.5) is 0 Å². The van der Waals surface area contributed by atoms with E-state index in [2.05, 4.69) is 5.32 Å². The molecule has 1 saturated carbocycles. The van der Waals surface area contributed by atoms with Gasteiger partial charge in [-0.25, -0.2) is 0 Å². The van der Waals surface area contributed by atoms with Crippen molar-refractivity contribution in [2.24, 2.45) is 0 Å². The van der Waals surface area contributed by atoms with Gasteiger partial charge in [-0.2, -0.15) is 0 Å². The van der Waals surface area contributed by atoms with Crippen LogP contribution in [0, 0.1) is 6.92 Å². The van der Waals surface area contributed by atoms with E-state index in [-0.39, 0.29) is 5.91 Å². The highest BCUT2D eigenvalue weighted by atomic mass is 35.5. The van der Waals surface area contributed by atoms with E-state index in [1.54, 1.807) is 6.07 Å². The van der Waals surface area contributed by atoms with Crippen molar-refractivity contribution in [1.82, 2.24) is 10.2 Å². The van der Waals surface area contributed by atoms with Crippen LogP contribution in [-0.2, 0) is 0 Å². The third-order valence-electron chi connectivity index (χ3n) is 4.39. The summed E-state index contributed by atoms with van der Waals surface area (Å²) in [6.45, 7) is 1.94. The molecule has 3 nitrogen and oxygen atoms in total. The van der Waals surface area contributed by atoms with Crippen molar-refractivity contribution < 1.29 is 4.79 Å². The SMILES string of the molecule is CNC1CCC(N(C)C(=O)c2ccc(C)c(Cl)c2)CC1. The highest BCUT2D eigenvalue weighted by Gasteiger charge is 2.26. The lowest BCUT2D eigenvalue weighted by Crippen LogP contribution is -2.42. The average Bonchev–Trinajstić information content (AvgIpc) is 2.48. The predicted molar refractivity (Wildman–Crippen MR) is 83.4 cm³/mol. The quantitative estimate of drug-likeness (QED) is 0.928. The molecule has 4 heteroatoms. The zero-order valence-electron chi connectivity index (χ0n) is 12.4. The summed E-state index contributed by atoms with van der Waals surface area (Å²) in [5.41, 5.74) is 1.68. The number of carbonyl (C=O) groups is 1. The van der Waals surface area contributed by atoms with Crippen molar-refractivity contribution >= 4 is 17.5 Å². The van der Waals surface area contributed by atoms with Crippen LogP contribution in [0.5, 0.6) is 0 Å². The molecule has 2 rings (SSSR count). The van der Waals surface area contributed by atoms with Gasteiger partial charge in [-0.15, -0.1) is 0 Å². The third kappa shape index (κ3) is 3.33. The zero-order chi connectivity index (χ0) is 14.7. The third-order valence-corrected chi connectivity index (χ3v) is 4.80. The van der Waals surface area contributed by atoms with Crippen molar-refractivity contribution in [3.05, 3.63) is 34.3 Å². The molecule has 1 aromatic rings. The number of hydrogen-bond acceptors (Lipinski definition) is 2. The van der Waals surface area contributed by atoms with Crippen molar-refractivity contribution in [2.45, 2.75) is 44.7 Å². The number of benzene rings is 1. The van der Waals surface area contributed by atoms with Gasteiger partial charge < -0.3 is 10.2 Å². The van der Waals surface area contributed by atoms with Crippen LogP contribution in [0.1, 0.15) is 41.6 Å². The van der Waals surface area contributed by atoms with Gasteiger partial charge in [-0.05, 0) is 57.4 Å². The van der Waals surface area contributed by atoms with E-state index < -0.39 is 0 Å². The number of nitrogens with zero attached hydrogens (tertiary/aromatic N) is 1. The Morgan fingerprint density at radius 1 is 1.30 bits per heavy atom. The van der Waals surface area contributed by atoms with Crippen LogP contribution in [0.15, 0.2) is 18.2 Å². The zero-order valence-corrected chi connectivity index (χ0v) is 13.2. The lowest BCUT2D eigenvalue weighted by molar-refractivity contribution is 0.0685. The van der Waals surface area contributed by atoms with Crippen molar-refractivity contribution in [2.75, 3.05) is 14.1 Å². The minimum atomic E-state index is 0.0693. The van der Waals surface area contributed by atoms with Gasteiger partial charge in [0.05, 0.1) is 0 Å². The average molecular weight is 295 g/mol. The van der Waals surface area contributed by atoms with Crippen LogP contribution < -0.4 is 5.32 Å². The number of amides is 1. The Morgan fingerprint density at radius 3 is 2.50 bits per heavy atom. The lowest BCUT2D eigenvalue weighted by Gasteiger charge is -2.34. The number of rotatable bonds is 3. The molecule has 0 bridgehead atoms. The fourth-order valence-corrected chi connectivity index (χ4v) is 3.03. The molecule has 1 fully saturated rings. The first kappa shape index (κ1) is 15.3. The Balaban J connectivity index is 2.03. The van der Waals surface area contributed by atoms with Gasteiger partial charge in [-0.1, -0.05) is 17.7 Å². The summed E-state index contributed by atoms with van der Waals surface area (Å²) in [7, 11) is 3.91. The van der Waals surface area contributed by atoms with Crippen LogP contribution >= 0.6 is 11.6 Å². The lowest BCUT2D eigenvalue weighted by atomic mass is 9.90.